The fourth-order valence-corrected chi connectivity index (χ4v) is 4.60. The Bertz CT molecular complexity index is 587. The van der Waals surface area contributed by atoms with E-state index < -0.39 is 21.5 Å². The van der Waals surface area contributed by atoms with Crippen LogP contribution in [-0.2, 0) is 10.0 Å². The minimum Gasteiger partial charge on any atom is -0.477 e. The third kappa shape index (κ3) is 2.98. The number of thiophene rings is 1. The van der Waals surface area contributed by atoms with Gasteiger partial charge in [0.2, 0.25) is 0 Å². The van der Waals surface area contributed by atoms with E-state index in [1.807, 2.05) is 20.8 Å². The molecule has 5 nitrogen and oxygen atoms in total. The Balaban J connectivity index is 3.29. The fraction of sp³-hybridized carbons (Fsp3) is 0.583. The van der Waals surface area contributed by atoms with Crippen LogP contribution in [0.25, 0.3) is 0 Å². The standard InChI is InChI=1S/C12H19NO4S2/c1-6-12(3,4)13(5)19(16,17)9-7-8(2)10(18-9)11(14)15/h7H,6H2,1-5H3,(H,14,15). The molecule has 0 radical (unpaired) electrons. The normalized spacial score (nSPS) is 12.9. The van der Waals surface area contributed by atoms with Gasteiger partial charge in [-0.15, -0.1) is 11.3 Å². The lowest BCUT2D eigenvalue weighted by atomic mass is 10.0. The Labute approximate surface area is 117 Å². The summed E-state index contributed by atoms with van der Waals surface area (Å²) >= 11 is 0.800. The van der Waals surface area contributed by atoms with E-state index in [0.717, 1.165) is 11.3 Å². The second-order valence-electron chi connectivity index (χ2n) is 5.02. The number of hydrogen-bond acceptors (Lipinski definition) is 4. The topological polar surface area (TPSA) is 74.7 Å². The first-order valence-corrected chi connectivity index (χ1v) is 8.12. The molecule has 0 aromatic carbocycles. The smallest absolute Gasteiger partial charge is 0.346 e. The average molecular weight is 305 g/mol. The molecule has 0 bridgehead atoms. The van der Waals surface area contributed by atoms with Gasteiger partial charge < -0.3 is 5.11 Å². The molecule has 0 fully saturated rings. The summed E-state index contributed by atoms with van der Waals surface area (Å²) in [5.74, 6) is -1.10. The van der Waals surface area contributed by atoms with Crippen molar-refractivity contribution in [1.82, 2.24) is 4.31 Å². The number of sulfonamides is 1. The van der Waals surface area contributed by atoms with E-state index in [0.29, 0.717) is 12.0 Å². The maximum atomic E-state index is 12.5. The van der Waals surface area contributed by atoms with Gasteiger partial charge in [-0.25, -0.2) is 13.2 Å². The highest BCUT2D eigenvalue weighted by molar-refractivity contribution is 7.91. The molecule has 1 aromatic rings. The number of aromatic carboxylic acids is 1. The van der Waals surface area contributed by atoms with Gasteiger partial charge in [0.05, 0.1) is 0 Å². The minimum absolute atomic E-state index is 0.0706. The number of hydrogen-bond donors (Lipinski definition) is 1. The maximum Gasteiger partial charge on any atom is 0.346 e. The highest BCUT2D eigenvalue weighted by Crippen LogP contribution is 2.31. The number of carboxylic acids is 1. The zero-order chi connectivity index (χ0) is 15.0. The van der Waals surface area contributed by atoms with Crippen LogP contribution in [0.4, 0.5) is 0 Å². The van der Waals surface area contributed by atoms with Crippen molar-refractivity contribution in [1.29, 1.82) is 0 Å². The predicted molar refractivity (Wildman–Crippen MR) is 75.3 cm³/mol. The molecule has 1 N–H and O–H groups in total. The maximum absolute atomic E-state index is 12.5. The summed E-state index contributed by atoms with van der Waals surface area (Å²) in [6, 6.07) is 1.42. The largest absolute Gasteiger partial charge is 0.477 e. The summed E-state index contributed by atoms with van der Waals surface area (Å²) in [4.78, 5) is 11.1. The van der Waals surface area contributed by atoms with Gasteiger partial charge in [-0.05, 0) is 38.8 Å². The van der Waals surface area contributed by atoms with Gasteiger partial charge in [0.25, 0.3) is 10.0 Å². The SMILES string of the molecule is CCC(C)(C)N(C)S(=O)(=O)c1cc(C)c(C(=O)O)s1. The van der Waals surface area contributed by atoms with Gasteiger partial charge in [0.15, 0.2) is 0 Å². The van der Waals surface area contributed by atoms with E-state index in [4.69, 9.17) is 5.11 Å². The molecule has 0 aliphatic carbocycles. The van der Waals surface area contributed by atoms with Crippen LogP contribution in [-0.4, -0.2) is 36.4 Å². The number of carboxylic acid groups (broad SMARTS) is 1. The van der Waals surface area contributed by atoms with Crippen LogP contribution in [0, 0.1) is 6.92 Å². The highest BCUT2D eigenvalue weighted by atomic mass is 32.2. The molecule has 108 valence electrons. The van der Waals surface area contributed by atoms with Crippen molar-refractivity contribution in [2.45, 2.75) is 43.9 Å². The van der Waals surface area contributed by atoms with Crippen LogP contribution in [0.15, 0.2) is 10.3 Å². The van der Waals surface area contributed by atoms with Crippen molar-refractivity contribution < 1.29 is 18.3 Å². The zero-order valence-corrected chi connectivity index (χ0v) is 13.4. The summed E-state index contributed by atoms with van der Waals surface area (Å²) in [6.45, 7) is 7.19. The molecule has 0 aliphatic heterocycles. The molecule has 0 spiro atoms. The molecule has 19 heavy (non-hydrogen) atoms. The first-order chi connectivity index (χ1) is 8.54. The summed E-state index contributed by atoms with van der Waals surface area (Å²) in [6.07, 6.45) is 0.666. The molecule has 0 saturated heterocycles. The van der Waals surface area contributed by atoms with Gasteiger partial charge >= 0.3 is 5.97 Å². The van der Waals surface area contributed by atoms with Crippen molar-refractivity contribution in [3.63, 3.8) is 0 Å². The summed E-state index contributed by atoms with van der Waals surface area (Å²) < 4.78 is 26.3. The van der Waals surface area contributed by atoms with Crippen LogP contribution < -0.4 is 0 Å². The number of aryl methyl sites for hydroxylation is 1. The molecule has 1 heterocycles. The van der Waals surface area contributed by atoms with Gasteiger partial charge in [0.1, 0.15) is 9.09 Å². The predicted octanol–water partition coefficient (Wildman–Crippen LogP) is 2.56. The second-order valence-corrected chi connectivity index (χ2v) is 8.27. The minimum atomic E-state index is -3.66. The van der Waals surface area contributed by atoms with Gasteiger partial charge in [0, 0.05) is 12.6 Å². The summed E-state index contributed by atoms with van der Waals surface area (Å²) in [5.41, 5.74) is -0.0427. The van der Waals surface area contributed by atoms with Crippen molar-refractivity contribution in [3.05, 3.63) is 16.5 Å². The van der Waals surface area contributed by atoms with Gasteiger partial charge in [-0.3, -0.25) is 0 Å². The third-order valence-corrected chi connectivity index (χ3v) is 7.17. The van der Waals surface area contributed by atoms with Crippen LogP contribution in [0.1, 0.15) is 42.4 Å². The van der Waals surface area contributed by atoms with Gasteiger partial charge in [-0.2, -0.15) is 4.31 Å². The van der Waals surface area contributed by atoms with Crippen molar-refractivity contribution in [2.24, 2.45) is 0 Å². The molecule has 0 amide bonds. The van der Waals surface area contributed by atoms with Crippen molar-refractivity contribution in [2.75, 3.05) is 7.05 Å². The monoisotopic (exact) mass is 305 g/mol. The quantitative estimate of drug-likeness (QED) is 0.907. The molecule has 0 saturated carbocycles. The molecule has 0 aliphatic rings. The van der Waals surface area contributed by atoms with Crippen LogP contribution in [0.2, 0.25) is 0 Å². The van der Waals surface area contributed by atoms with Crippen LogP contribution in [0.5, 0.6) is 0 Å². The number of nitrogens with zero attached hydrogens (tertiary/aromatic N) is 1. The fourth-order valence-electron chi connectivity index (χ4n) is 1.48. The number of carbonyl (C=O) groups is 1. The molecule has 7 heteroatoms. The average Bonchev–Trinajstić information content (AvgIpc) is 2.71. The number of rotatable bonds is 5. The van der Waals surface area contributed by atoms with Crippen molar-refractivity contribution >= 4 is 27.3 Å². The molecule has 0 atom stereocenters. The Morgan fingerprint density at radius 3 is 2.37 bits per heavy atom. The highest BCUT2D eigenvalue weighted by Gasteiger charge is 2.34. The first kappa shape index (κ1) is 16.1. The van der Waals surface area contributed by atoms with E-state index in [1.165, 1.54) is 17.4 Å². The van der Waals surface area contributed by atoms with Gasteiger partial charge in [-0.1, -0.05) is 6.92 Å². The Kier molecular flexibility index (Phi) is 4.44. The molecule has 1 aromatic heterocycles. The lowest BCUT2D eigenvalue weighted by Gasteiger charge is -2.33. The summed E-state index contributed by atoms with van der Waals surface area (Å²) in [5, 5.41) is 8.99. The molecular weight excluding hydrogens is 286 g/mol. The molecular formula is C12H19NO4S2. The van der Waals surface area contributed by atoms with E-state index in [9.17, 15) is 13.2 Å². The molecule has 1 rings (SSSR count). The Morgan fingerprint density at radius 1 is 1.47 bits per heavy atom. The van der Waals surface area contributed by atoms with Crippen molar-refractivity contribution in [3.8, 4) is 0 Å². The second kappa shape index (κ2) is 5.22. The first-order valence-electron chi connectivity index (χ1n) is 5.86. The molecule has 0 unspecified atom stereocenters. The van der Waals surface area contributed by atoms with E-state index in [2.05, 4.69) is 0 Å². The Hall–Kier alpha value is -0.920. The van der Waals surface area contributed by atoms with Crippen LogP contribution >= 0.6 is 11.3 Å². The lowest BCUT2D eigenvalue weighted by Crippen LogP contribution is -2.44. The zero-order valence-electron chi connectivity index (χ0n) is 11.7. The Morgan fingerprint density at radius 2 is 2.00 bits per heavy atom. The van der Waals surface area contributed by atoms with E-state index in [1.54, 1.807) is 6.92 Å². The van der Waals surface area contributed by atoms with E-state index in [-0.39, 0.29) is 9.09 Å². The lowest BCUT2D eigenvalue weighted by molar-refractivity contribution is 0.0701. The third-order valence-electron chi connectivity index (χ3n) is 3.42. The van der Waals surface area contributed by atoms with E-state index >= 15 is 0 Å². The summed E-state index contributed by atoms with van der Waals surface area (Å²) in [7, 11) is -2.13. The van der Waals surface area contributed by atoms with Crippen LogP contribution in [0.3, 0.4) is 0 Å².